The van der Waals surface area contributed by atoms with Gasteiger partial charge >= 0.3 is 5.97 Å². The first-order chi connectivity index (χ1) is 14.1. The van der Waals surface area contributed by atoms with Crippen LogP contribution in [0.2, 0.25) is 0 Å². The van der Waals surface area contributed by atoms with E-state index in [1.165, 1.54) is 11.3 Å². The van der Waals surface area contributed by atoms with Gasteiger partial charge in [-0.15, -0.1) is 11.3 Å². The van der Waals surface area contributed by atoms with Gasteiger partial charge in [0, 0.05) is 17.2 Å². The Bertz CT molecular complexity index is 972. The number of esters is 1. The van der Waals surface area contributed by atoms with Gasteiger partial charge in [0.1, 0.15) is 5.00 Å². The lowest BCUT2D eigenvalue weighted by atomic mass is 9.70. The van der Waals surface area contributed by atoms with Crippen LogP contribution in [-0.4, -0.2) is 18.5 Å². The fourth-order valence-corrected chi connectivity index (χ4v) is 5.53. The molecule has 1 N–H and O–H groups in total. The number of thiophene rings is 1. The monoisotopic (exact) mass is 408 g/mol. The highest BCUT2D eigenvalue weighted by Gasteiger charge is 2.40. The average molecular weight is 409 g/mol. The minimum Gasteiger partial charge on any atom is -0.462 e. The highest BCUT2D eigenvalue weighted by Crippen LogP contribution is 2.46. The minimum atomic E-state index is -0.611. The third-order valence-corrected chi connectivity index (χ3v) is 7.23. The molecule has 0 spiro atoms. The zero-order valence-electron chi connectivity index (χ0n) is 16.5. The normalized spacial score (nSPS) is 20.8. The summed E-state index contributed by atoms with van der Waals surface area (Å²) in [5.41, 5.74) is 1.80. The Morgan fingerprint density at radius 3 is 2.69 bits per heavy atom. The van der Waals surface area contributed by atoms with Crippen LogP contribution in [0.5, 0.6) is 0 Å². The summed E-state index contributed by atoms with van der Waals surface area (Å²) >= 11 is 1.42. The molecule has 1 saturated carbocycles. The maximum atomic E-state index is 12.7. The molecule has 1 fully saturated rings. The second-order valence-electron chi connectivity index (χ2n) is 7.78. The first-order valence-corrected chi connectivity index (χ1v) is 11.0. The minimum absolute atomic E-state index is 0.0185. The third kappa shape index (κ3) is 3.56. The molecule has 29 heavy (non-hydrogen) atoms. The van der Waals surface area contributed by atoms with Crippen LogP contribution in [0.3, 0.4) is 0 Å². The third-order valence-electron chi connectivity index (χ3n) is 6.09. The van der Waals surface area contributed by atoms with E-state index in [4.69, 9.17) is 4.74 Å². The van der Waals surface area contributed by atoms with Crippen LogP contribution < -0.4 is 5.32 Å². The largest absolute Gasteiger partial charge is 0.462 e. The van der Waals surface area contributed by atoms with Gasteiger partial charge in [0.15, 0.2) is 0 Å². The quantitative estimate of drug-likeness (QED) is 0.733. The van der Waals surface area contributed by atoms with Crippen LogP contribution in [0.4, 0.5) is 5.00 Å². The van der Waals surface area contributed by atoms with Crippen LogP contribution in [0.1, 0.15) is 59.0 Å². The summed E-state index contributed by atoms with van der Waals surface area (Å²) in [6.45, 7) is 2.06. The summed E-state index contributed by atoms with van der Waals surface area (Å²) in [5, 5.41) is 13.6. The van der Waals surface area contributed by atoms with Crippen molar-refractivity contribution >= 4 is 28.2 Å². The average Bonchev–Trinajstić information content (AvgIpc) is 3.03. The van der Waals surface area contributed by atoms with Gasteiger partial charge in [-0.3, -0.25) is 4.79 Å². The zero-order valence-corrected chi connectivity index (χ0v) is 17.3. The molecule has 150 valence electrons. The summed E-state index contributed by atoms with van der Waals surface area (Å²) in [6, 6.07) is 12.4. The van der Waals surface area contributed by atoms with Gasteiger partial charge in [-0.1, -0.05) is 36.8 Å². The highest BCUT2D eigenvalue weighted by molar-refractivity contribution is 7.17. The number of carbonyl (C=O) groups is 2. The molecule has 2 aromatic rings. The molecule has 1 aromatic heterocycles. The number of hydrogen-bond acceptors (Lipinski definition) is 5. The number of nitrogens with one attached hydrogen (secondary N) is 1. The molecule has 0 aliphatic heterocycles. The van der Waals surface area contributed by atoms with E-state index in [9.17, 15) is 14.9 Å². The number of hydrogen-bond donors (Lipinski definition) is 1. The van der Waals surface area contributed by atoms with Crippen LogP contribution in [0.25, 0.3) is 0 Å². The van der Waals surface area contributed by atoms with Crippen molar-refractivity contribution in [2.75, 3.05) is 11.9 Å². The molecule has 2 aliphatic carbocycles. The van der Waals surface area contributed by atoms with Crippen molar-refractivity contribution in [2.45, 2.75) is 50.9 Å². The molecule has 0 bridgehead atoms. The summed E-state index contributed by atoms with van der Waals surface area (Å²) in [6.07, 6.45) is 4.67. The summed E-state index contributed by atoms with van der Waals surface area (Å²) in [7, 11) is 0. The lowest BCUT2D eigenvalue weighted by molar-refractivity contribution is -0.122. The highest BCUT2D eigenvalue weighted by atomic mass is 32.1. The van der Waals surface area contributed by atoms with Gasteiger partial charge in [-0.05, 0) is 43.7 Å². The van der Waals surface area contributed by atoms with Crippen molar-refractivity contribution in [3.05, 3.63) is 51.9 Å². The molecule has 0 unspecified atom stereocenters. The van der Waals surface area contributed by atoms with Gasteiger partial charge in [0.05, 0.1) is 23.7 Å². The Labute approximate surface area is 174 Å². The maximum Gasteiger partial charge on any atom is 0.341 e. The number of nitrogens with zero attached hydrogens (tertiary/aromatic N) is 1. The van der Waals surface area contributed by atoms with Crippen molar-refractivity contribution in [3.63, 3.8) is 0 Å². The Morgan fingerprint density at radius 2 is 2.07 bits per heavy atom. The molecule has 1 atom stereocenters. The van der Waals surface area contributed by atoms with Crippen LogP contribution >= 0.6 is 11.3 Å². The van der Waals surface area contributed by atoms with E-state index in [0.717, 1.165) is 35.3 Å². The standard InChI is InChI=1S/C23H24N2O3S/c1-2-28-22(27)19-17-11-12-23(14-24,16-9-4-3-5-10-16)13-18(17)29-21(19)25-20(26)15-7-6-8-15/h3-5,9-10,15H,2,6-8,11-13H2,1H3,(H,25,26)/t23-/m0/s1. The summed E-state index contributed by atoms with van der Waals surface area (Å²) < 4.78 is 5.29. The van der Waals surface area contributed by atoms with E-state index < -0.39 is 11.4 Å². The topological polar surface area (TPSA) is 79.2 Å². The van der Waals surface area contributed by atoms with E-state index in [2.05, 4.69) is 11.4 Å². The number of anilines is 1. The fourth-order valence-electron chi connectivity index (χ4n) is 4.18. The van der Waals surface area contributed by atoms with Gasteiger partial charge < -0.3 is 10.1 Å². The molecular weight excluding hydrogens is 384 g/mol. The molecule has 1 heterocycles. The number of nitriles is 1. The molecule has 1 aromatic carbocycles. The predicted molar refractivity (Wildman–Crippen MR) is 112 cm³/mol. The number of fused-ring (bicyclic) bond motifs is 1. The lowest BCUT2D eigenvalue weighted by Gasteiger charge is -2.31. The molecule has 4 rings (SSSR count). The zero-order chi connectivity index (χ0) is 20.4. The van der Waals surface area contributed by atoms with Crippen molar-refractivity contribution < 1.29 is 14.3 Å². The van der Waals surface area contributed by atoms with Gasteiger partial charge in [-0.25, -0.2) is 4.79 Å². The van der Waals surface area contributed by atoms with E-state index in [0.29, 0.717) is 29.8 Å². The molecule has 0 saturated heterocycles. The van der Waals surface area contributed by atoms with E-state index in [-0.39, 0.29) is 18.4 Å². The van der Waals surface area contributed by atoms with Crippen LogP contribution in [0.15, 0.2) is 30.3 Å². The van der Waals surface area contributed by atoms with Crippen molar-refractivity contribution in [2.24, 2.45) is 5.92 Å². The molecule has 0 radical (unpaired) electrons. The number of amides is 1. The van der Waals surface area contributed by atoms with Crippen molar-refractivity contribution in [1.82, 2.24) is 0 Å². The van der Waals surface area contributed by atoms with Gasteiger partial charge in [-0.2, -0.15) is 5.26 Å². The molecule has 5 nitrogen and oxygen atoms in total. The molecule has 2 aliphatic rings. The SMILES string of the molecule is CCOC(=O)c1c(NC(=O)C2CCC2)sc2c1CC[C@](C#N)(c1ccccc1)C2. The number of benzene rings is 1. The Kier molecular flexibility index (Phi) is 5.42. The number of ether oxygens (including phenoxy) is 1. The maximum absolute atomic E-state index is 12.7. The second-order valence-corrected chi connectivity index (χ2v) is 8.89. The second kappa shape index (κ2) is 8.00. The van der Waals surface area contributed by atoms with E-state index in [1.54, 1.807) is 6.92 Å². The number of carbonyl (C=O) groups excluding carboxylic acids is 2. The molecule has 1 amide bonds. The van der Waals surface area contributed by atoms with Crippen LogP contribution in [0, 0.1) is 17.2 Å². The summed E-state index contributed by atoms with van der Waals surface area (Å²) in [4.78, 5) is 26.2. The predicted octanol–water partition coefficient (Wildman–Crippen LogP) is 4.61. The van der Waals surface area contributed by atoms with Crippen molar-refractivity contribution in [1.29, 1.82) is 5.26 Å². The Morgan fingerprint density at radius 1 is 1.31 bits per heavy atom. The fraction of sp³-hybridized carbons (Fsp3) is 0.435. The first kappa shape index (κ1) is 19.7. The Hall–Kier alpha value is -2.65. The lowest BCUT2D eigenvalue weighted by Crippen LogP contribution is -2.31. The van der Waals surface area contributed by atoms with Gasteiger partial charge in [0.2, 0.25) is 5.91 Å². The Balaban J connectivity index is 1.70. The van der Waals surface area contributed by atoms with Crippen molar-refractivity contribution in [3.8, 4) is 6.07 Å². The first-order valence-electron chi connectivity index (χ1n) is 10.2. The molecule has 6 heteroatoms. The molecular formula is C23H24N2O3S. The number of rotatable bonds is 5. The van der Waals surface area contributed by atoms with Gasteiger partial charge in [0.25, 0.3) is 0 Å². The van der Waals surface area contributed by atoms with E-state index >= 15 is 0 Å². The van der Waals surface area contributed by atoms with E-state index in [1.807, 2.05) is 30.3 Å². The van der Waals surface area contributed by atoms with Crippen LogP contribution in [-0.2, 0) is 27.8 Å². The smallest absolute Gasteiger partial charge is 0.341 e. The summed E-state index contributed by atoms with van der Waals surface area (Å²) in [5.74, 6) is -0.375.